The van der Waals surface area contributed by atoms with Crippen molar-refractivity contribution in [1.82, 2.24) is 15.3 Å². The number of carbonyl (C=O) groups excluding carboxylic acids is 2. The number of hydrogen-bond acceptors (Lipinski definition) is 4. The predicted molar refractivity (Wildman–Crippen MR) is 122 cm³/mol. The predicted octanol–water partition coefficient (Wildman–Crippen LogP) is 3.65. The number of hydrogen-bond donors (Lipinski definition) is 1. The summed E-state index contributed by atoms with van der Waals surface area (Å²) in [6.07, 6.45) is 3.65. The lowest BCUT2D eigenvalue weighted by Gasteiger charge is -2.48. The molecule has 5 rings (SSSR count). The fourth-order valence-electron chi connectivity index (χ4n) is 5.82. The number of carbonyl (C=O) groups is 2. The Bertz CT molecular complexity index is 1010. The van der Waals surface area contributed by atoms with Crippen LogP contribution in [0, 0.1) is 5.92 Å². The van der Waals surface area contributed by atoms with Crippen LogP contribution >= 0.6 is 0 Å². The van der Waals surface area contributed by atoms with Gasteiger partial charge < -0.3 is 10.2 Å². The molecule has 2 saturated heterocycles. The summed E-state index contributed by atoms with van der Waals surface area (Å²) in [6, 6.07) is 15.9. The smallest absolute Gasteiger partial charge is 0.278 e. The van der Waals surface area contributed by atoms with Crippen molar-refractivity contribution in [1.29, 1.82) is 0 Å². The SMILES string of the molecule is CON(C(=O)c1cccc2c1CCN1C(=O)[C@H]3CCCN[C@H]3C[C@@H]21)[C@H](C)c1ccccc1. The zero-order chi connectivity index (χ0) is 22.2. The lowest BCUT2D eigenvalue weighted by molar-refractivity contribution is -0.145. The van der Waals surface area contributed by atoms with Crippen LogP contribution in [-0.2, 0) is 16.1 Å². The molecule has 2 amide bonds. The van der Waals surface area contributed by atoms with Crippen molar-refractivity contribution in [3.8, 4) is 0 Å². The third-order valence-electron chi connectivity index (χ3n) is 7.47. The van der Waals surface area contributed by atoms with Gasteiger partial charge in [-0.1, -0.05) is 42.5 Å². The molecule has 3 aliphatic rings. The summed E-state index contributed by atoms with van der Waals surface area (Å²) in [5, 5.41) is 5.03. The van der Waals surface area contributed by atoms with Crippen LogP contribution in [0.5, 0.6) is 0 Å². The van der Waals surface area contributed by atoms with E-state index in [0.717, 1.165) is 42.5 Å². The molecule has 4 atom stereocenters. The molecule has 1 N–H and O–H groups in total. The van der Waals surface area contributed by atoms with Gasteiger partial charge in [-0.25, -0.2) is 5.06 Å². The number of nitrogens with one attached hydrogen (secondary N) is 1. The largest absolute Gasteiger partial charge is 0.335 e. The minimum Gasteiger partial charge on any atom is -0.335 e. The first-order valence-corrected chi connectivity index (χ1v) is 11.7. The summed E-state index contributed by atoms with van der Waals surface area (Å²) >= 11 is 0. The van der Waals surface area contributed by atoms with Crippen LogP contribution in [0.25, 0.3) is 0 Å². The van der Waals surface area contributed by atoms with Gasteiger partial charge in [-0.05, 0) is 61.9 Å². The number of amides is 2. The van der Waals surface area contributed by atoms with E-state index in [0.29, 0.717) is 18.5 Å². The molecule has 32 heavy (non-hydrogen) atoms. The molecule has 2 aromatic carbocycles. The Morgan fingerprint density at radius 1 is 1.19 bits per heavy atom. The first kappa shape index (κ1) is 21.2. The molecular weight excluding hydrogens is 402 g/mol. The summed E-state index contributed by atoms with van der Waals surface area (Å²) in [5.74, 6) is 0.240. The lowest BCUT2D eigenvalue weighted by Crippen LogP contribution is -2.57. The van der Waals surface area contributed by atoms with Crippen LogP contribution in [0.4, 0.5) is 0 Å². The lowest BCUT2D eigenvalue weighted by atomic mass is 9.76. The average Bonchev–Trinajstić information content (AvgIpc) is 2.84. The fraction of sp³-hybridized carbons (Fsp3) is 0.462. The first-order valence-electron chi connectivity index (χ1n) is 11.7. The summed E-state index contributed by atoms with van der Waals surface area (Å²) in [6.45, 7) is 3.63. The summed E-state index contributed by atoms with van der Waals surface area (Å²) in [4.78, 5) is 34.5. The van der Waals surface area contributed by atoms with E-state index in [1.54, 1.807) is 7.11 Å². The van der Waals surface area contributed by atoms with Gasteiger partial charge in [-0.3, -0.25) is 14.4 Å². The van der Waals surface area contributed by atoms with Crippen molar-refractivity contribution in [2.24, 2.45) is 5.92 Å². The van der Waals surface area contributed by atoms with E-state index in [2.05, 4.69) is 16.3 Å². The van der Waals surface area contributed by atoms with E-state index in [-0.39, 0.29) is 35.9 Å². The topological polar surface area (TPSA) is 61.9 Å². The molecule has 0 unspecified atom stereocenters. The molecule has 3 aliphatic heterocycles. The highest BCUT2D eigenvalue weighted by molar-refractivity contribution is 5.96. The third kappa shape index (κ3) is 3.51. The quantitative estimate of drug-likeness (QED) is 0.748. The maximum absolute atomic E-state index is 13.6. The summed E-state index contributed by atoms with van der Waals surface area (Å²) in [5.41, 5.74) is 3.87. The normalized spacial score (nSPS) is 25.4. The maximum atomic E-state index is 13.6. The summed E-state index contributed by atoms with van der Waals surface area (Å²) < 4.78 is 0. The highest BCUT2D eigenvalue weighted by Crippen LogP contribution is 2.42. The van der Waals surface area contributed by atoms with E-state index < -0.39 is 0 Å². The van der Waals surface area contributed by atoms with Gasteiger partial charge >= 0.3 is 0 Å². The molecule has 0 aliphatic carbocycles. The van der Waals surface area contributed by atoms with Crippen LogP contribution in [0.3, 0.4) is 0 Å². The zero-order valence-electron chi connectivity index (χ0n) is 18.8. The Kier molecular flexibility index (Phi) is 5.74. The van der Waals surface area contributed by atoms with Gasteiger partial charge in [-0.2, -0.15) is 0 Å². The van der Waals surface area contributed by atoms with Crippen molar-refractivity contribution in [3.05, 3.63) is 70.8 Å². The first-order chi connectivity index (χ1) is 15.6. The van der Waals surface area contributed by atoms with Crippen LogP contribution in [0.15, 0.2) is 48.5 Å². The second-order valence-corrected chi connectivity index (χ2v) is 9.12. The highest BCUT2D eigenvalue weighted by atomic mass is 16.7. The van der Waals surface area contributed by atoms with Crippen LogP contribution in [0.2, 0.25) is 0 Å². The van der Waals surface area contributed by atoms with E-state index in [1.807, 2.05) is 49.4 Å². The number of benzene rings is 2. The van der Waals surface area contributed by atoms with E-state index >= 15 is 0 Å². The van der Waals surface area contributed by atoms with Gasteiger partial charge in [0.25, 0.3) is 5.91 Å². The molecule has 3 heterocycles. The molecule has 0 radical (unpaired) electrons. The third-order valence-corrected chi connectivity index (χ3v) is 7.47. The Morgan fingerprint density at radius 2 is 2.00 bits per heavy atom. The molecule has 0 spiro atoms. The second kappa shape index (κ2) is 8.68. The van der Waals surface area contributed by atoms with Crippen LogP contribution in [-0.4, -0.2) is 48.0 Å². The molecule has 6 nitrogen and oxygen atoms in total. The minimum atomic E-state index is -0.215. The average molecular weight is 434 g/mol. The Balaban J connectivity index is 1.46. The molecule has 0 aromatic heterocycles. The minimum absolute atomic E-state index is 0.0355. The van der Waals surface area contributed by atoms with Crippen molar-refractivity contribution >= 4 is 11.8 Å². The Hall–Kier alpha value is -2.70. The highest BCUT2D eigenvalue weighted by Gasteiger charge is 2.45. The molecule has 168 valence electrons. The monoisotopic (exact) mass is 433 g/mol. The standard InChI is InChI=1S/C26H31N3O3/c1-17(18-8-4-3-5-9-18)29(32-2)26(31)21-11-6-10-20-19(21)13-15-28-24(20)16-23-22(25(28)30)12-7-14-27-23/h3-6,8-11,17,22-24,27H,7,12-16H2,1-2H3/t17-,22+,23+,24+/m1/s1. The van der Waals surface area contributed by atoms with Gasteiger partial charge in [0.2, 0.25) is 5.91 Å². The van der Waals surface area contributed by atoms with E-state index in [9.17, 15) is 9.59 Å². The van der Waals surface area contributed by atoms with Gasteiger partial charge in [0, 0.05) is 18.2 Å². The number of piperidine rings is 2. The molecule has 2 aromatic rings. The van der Waals surface area contributed by atoms with Crippen molar-refractivity contribution in [3.63, 3.8) is 0 Å². The molecule has 2 fully saturated rings. The van der Waals surface area contributed by atoms with Crippen LogP contribution < -0.4 is 5.32 Å². The molecule has 0 saturated carbocycles. The van der Waals surface area contributed by atoms with Gasteiger partial charge in [-0.15, -0.1) is 0 Å². The van der Waals surface area contributed by atoms with Gasteiger partial charge in [0.1, 0.15) is 0 Å². The number of rotatable bonds is 4. The molecule has 0 bridgehead atoms. The zero-order valence-corrected chi connectivity index (χ0v) is 18.8. The van der Waals surface area contributed by atoms with E-state index in [4.69, 9.17) is 4.84 Å². The number of fused-ring (bicyclic) bond motifs is 4. The Morgan fingerprint density at radius 3 is 2.78 bits per heavy atom. The van der Waals surface area contributed by atoms with Crippen molar-refractivity contribution in [2.75, 3.05) is 20.2 Å². The fourth-order valence-corrected chi connectivity index (χ4v) is 5.82. The number of nitrogens with zero attached hydrogens (tertiary/aromatic N) is 2. The van der Waals surface area contributed by atoms with Gasteiger partial charge in [0.15, 0.2) is 0 Å². The molecule has 6 heteroatoms. The van der Waals surface area contributed by atoms with Crippen molar-refractivity contribution in [2.45, 2.75) is 50.7 Å². The van der Waals surface area contributed by atoms with Gasteiger partial charge in [0.05, 0.1) is 25.1 Å². The van der Waals surface area contributed by atoms with E-state index in [1.165, 1.54) is 5.06 Å². The number of hydroxylamine groups is 2. The second-order valence-electron chi connectivity index (χ2n) is 9.12. The maximum Gasteiger partial charge on any atom is 0.278 e. The molecular formula is C26H31N3O3. The Labute approximate surface area is 189 Å². The van der Waals surface area contributed by atoms with Crippen molar-refractivity contribution < 1.29 is 14.4 Å². The summed E-state index contributed by atoms with van der Waals surface area (Å²) in [7, 11) is 1.54. The van der Waals surface area contributed by atoms with Crippen LogP contribution in [0.1, 0.15) is 65.3 Å².